The Balaban J connectivity index is 1.33. The molecule has 0 aromatic heterocycles. The molecule has 3 fully saturated rings. The van der Waals surface area contributed by atoms with Crippen LogP contribution in [0.15, 0.2) is 24.3 Å². The first-order chi connectivity index (χ1) is 12.6. The third-order valence-corrected chi connectivity index (χ3v) is 6.01. The average molecular weight is 355 g/mol. The second kappa shape index (κ2) is 7.29. The van der Waals surface area contributed by atoms with Crippen LogP contribution in [0.25, 0.3) is 0 Å². The zero-order valence-corrected chi connectivity index (χ0v) is 15.5. The number of likely N-dealkylation sites (tertiary alicyclic amines) is 1. The van der Waals surface area contributed by atoms with Crippen LogP contribution in [0, 0.1) is 11.8 Å². The monoisotopic (exact) mass is 355 g/mol. The van der Waals surface area contributed by atoms with Crippen LogP contribution in [0.2, 0.25) is 0 Å². The minimum atomic E-state index is -0.127. The molecule has 1 atom stereocenters. The predicted molar refractivity (Wildman–Crippen MR) is 102 cm³/mol. The molecule has 1 aromatic rings. The molecule has 0 spiro atoms. The van der Waals surface area contributed by atoms with Crippen molar-refractivity contribution in [3.63, 3.8) is 0 Å². The minimum Gasteiger partial charge on any atom is -0.336 e. The summed E-state index contributed by atoms with van der Waals surface area (Å²) in [6, 6.07) is 7.81. The van der Waals surface area contributed by atoms with Gasteiger partial charge in [0.05, 0.1) is 0 Å². The number of hydrogen-bond acceptors (Lipinski definition) is 2. The molecule has 2 aliphatic carbocycles. The molecule has 5 nitrogen and oxygen atoms in total. The van der Waals surface area contributed by atoms with E-state index >= 15 is 0 Å². The Morgan fingerprint density at radius 2 is 1.65 bits per heavy atom. The summed E-state index contributed by atoms with van der Waals surface area (Å²) in [6.07, 6.45) is 8.33. The molecule has 0 radical (unpaired) electrons. The maximum Gasteiger partial charge on any atom is 0.319 e. The molecular weight excluding hydrogens is 326 g/mol. The van der Waals surface area contributed by atoms with Gasteiger partial charge in [-0.3, -0.25) is 4.79 Å². The van der Waals surface area contributed by atoms with Gasteiger partial charge < -0.3 is 15.5 Å². The average Bonchev–Trinajstić information content (AvgIpc) is 3.54. The summed E-state index contributed by atoms with van der Waals surface area (Å²) in [4.78, 5) is 26.9. The number of anilines is 1. The molecule has 0 bridgehead atoms. The zero-order chi connectivity index (χ0) is 18.1. The first kappa shape index (κ1) is 17.4. The van der Waals surface area contributed by atoms with Crippen molar-refractivity contribution in [2.24, 2.45) is 11.8 Å². The van der Waals surface area contributed by atoms with E-state index in [2.05, 4.69) is 17.6 Å². The molecule has 3 amide bonds. The van der Waals surface area contributed by atoms with Crippen LogP contribution in [0.3, 0.4) is 0 Å². The van der Waals surface area contributed by atoms with Crippen LogP contribution >= 0.6 is 0 Å². The Morgan fingerprint density at radius 1 is 1.00 bits per heavy atom. The lowest BCUT2D eigenvalue weighted by molar-refractivity contribution is 0.0635. The van der Waals surface area contributed by atoms with Gasteiger partial charge in [0.25, 0.3) is 5.91 Å². The Morgan fingerprint density at radius 3 is 2.23 bits per heavy atom. The van der Waals surface area contributed by atoms with E-state index in [4.69, 9.17) is 0 Å². The molecule has 2 N–H and O–H groups in total. The number of urea groups is 1. The Labute approximate surface area is 155 Å². The Hall–Kier alpha value is -2.04. The fraction of sp³-hybridized carbons (Fsp3) is 0.619. The van der Waals surface area contributed by atoms with Gasteiger partial charge in [0, 0.05) is 29.9 Å². The number of piperidine rings is 1. The van der Waals surface area contributed by atoms with E-state index in [1.54, 1.807) is 0 Å². The SMILES string of the molecule is CC1CCCCN1C(=O)c1ccc(NC(=O)NC(C2CC2)C2CC2)cc1. The molecule has 5 heteroatoms. The van der Waals surface area contributed by atoms with E-state index in [1.165, 1.54) is 32.1 Å². The highest BCUT2D eigenvalue weighted by Gasteiger charge is 2.42. The van der Waals surface area contributed by atoms with E-state index in [0.717, 1.165) is 25.1 Å². The highest BCUT2D eigenvalue weighted by atomic mass is 16.2. The summed E-state index contributed by atoms with van der Waals surface area (Å²) >= 11 is 0. The summed E-state index contributed by atoms with van der Waals surface area (Å²) in [6.45, 7) is 2.96. The van der Waals surface area contributed by atoms with Crippen LogP contribution in [-0.2, 0) is 0 Å². The lowest BCUT2D eigenvalue weighted by Gasteiger charge is -2.33. The van der Waals surface area contributed by atoms with Gasteiger partial charge in [-0.25, -0.2) is 4.79 Å². The summed E-state index contributed by atoms with van der Waals surface area (Å²) < 4.78 is 0. The molecule has 1 unspecified atom stereocenters. The molecule has 1 heterocycles. The van der Waals surface area contributed by atoms with Crippen LogP contribution in [0.1, 0.15) is 62.2 Å². The maximum atomic E-state index is 12.7. The summed E-state index contributed by atoms with van der Waals surface area (Å²) in [7, 11) is 0. The predicted octanol–water partition coefficient (Wildman–Crippen LogP) is 4.01. The fourth-order valence-corrected chi connectivity index (χ4v) is 4.11. The molecule has 1 saturated heterocycles. The third kappa shape index (κ3) is 4.02. The van der Waals surface area contributed by atoms with Crippen molar-refractivity contribution >= 4 is 17.6 Å². The molecule has 2 saturated carbocycles. The summed E-state index contributed by atoms with van der Waals surface area (Å²) in [5.74, 6) is 1.45. The molecule has 3 aliphatic rings. The van der Waals surface area contributed by atoms with Crippen molar-refractivity contribution in [3.8, 4) is 0 Å². The van der Waals surface area contributed by atoms with Crippen LogP contribution < -0.4 is 10.6 Å². The number of amides is 3. The van der Waals surface area contributed by atoms with Crippen molar-refractivity contribution in [1.29, 1.82) is 0 Å². The number of carbonyl (C=O) groups is 2. The third-order valence-electron chi connectivity index (χ3n) is 6.01. The number of nitrogens with zero attached hydrogens (tertiary/aromatic N) is 1. The van der Waals surface area contributed by atoms with Crippen molar-refractivity contribution in [3.05, 3.63) is 29.8 Å². The van der Waals surface area contributed by atoms with Crippen molar-refractivity contribution < 1.29 is 9.59 Å². The normalized spacial score (nSPS) is 23.0. The largest absolute Gasteiger partial charge is 0.336 e. The van der Waals surface area contributed by atoms with Gasteiger partial charge in [0.1, 0.15) is 0 Å². The van der Waals surface area contributed by atoms with E-state index in [1.807, 2.05) is 29.2 Å². The van der Waals surface area contributed by atoms with E-state index in [9.17, 15) is 9.59 Å². The molecule has 1 aliphatic heterocycles. The molecule has 26 heavy (non-hydrogen) atoms. The van der Waals surface area contributed by atoms with Gasteiger partial charge in [-0.2, -0.15) is 0 Å². The smallest absolute Gasteiger partial charge is 0.319 e. The first-order valence-corrected chi connectivity index (χ1v) is 10.1. The van der Waals surface area contributed by atoms with Gasteiger partial charge in [0.15, 0.2) is 0 Å². The van der Waals surface area contributed by atoms with Gasteiger partial charge >= 0.3 is 6.03 Å². The fourth-order valence-electron chi connectivity index (χ4n) is 4.11. The molecular formula is C21H29N3O2. The van der Waals surface area contributed by atoms with E-state index < -0.39 is 0 Å². The second-order valence-corrected chi connectivity index (χ2v) is 8.22. The van der Waals surface area contributed by atoms with E-state index in [0.29, 0.717) is 29.5 Å². The number of carbonyl (C=O) groups excluding carboxylic acids is 2. The van der Waals surface area contributed by atoms with Crippen molar-refractivity contribution in [2.75, 3.05) is 11.9 Å². The first-order valence-electron chi connectivity index (χ1n) is 10.1. The van der Waals surface area contributed by atoms with Crippen LogP contribution in [0.4, 0.5) is 10.5 Å². The van der Waals surface area contributed by atoms with E-state index in [-0.39, 0.29) is 11.9 Å². The van der Waals surface area contributed by atoms with Gasteiger partial charge in [0.2, 0.25) is 0 Å². The second-order valence-electron chi connectivity index (χ2n) is 8.22. The minimum absolute atomic E-state index is 0.0933. The van der Waals surface area contributed by atoms with Gasteiger partial charge in [-0.15, -0.1) is 0 Å². The summed E-state index contributed by atoms with van der Waals surface area (Å²) in [5.41, 5.74) is 1.43. The maximum absolute atomic E-state index is 12.7. The number of nitrogens with one attached hydrogen (secondary N) is 2. The van der Waals surface area contributed by atoms with Crippen LogP contribution in [-0.4, -0.2) is 35.5 Å². The van der Waals surface area contributed by atoms with Gasteiger partial charge in [-0.05, 0) is 88.0 Å². The Bertz CT molecular complexity index is 652. The van der Waals surface area contributed by atoms with Crippen LogP contribution in [0.5, 0.6) is 0 Å². The highest BCUT2D eigenvalue weighted by Crippen LogP contribution is 2.44. The quantitative estimate of drug-likeness (QED) is 0.838. The number of benzene rings is 1. The highest BCUT2D eigenvalue weighted by molar-refractivity contribution is 5.95. The number of rotatable bonds is 5. The lowest BCUT2D eigenvalue weighted by atomic mass is 10.0. The number of hydrogen-bond donors (Lipinski definition) is 2. The molecule has 140 valence electrons. The zero-order valence-electron chi connectivity index (χ0n) is 15.5. The van der Waals surface area contributed by atoms with Crippen molar-refractivity contribution in [1.82, 2.24) is 10.2 Å². The lowest BCUT2D eigenvalue weighted by Crippen LogP contribution is -2.42. The Kier molecular flexibility index (Phi) is 4.88. The van der Waals surface area contributed by atoms with Gasteiger partial charge in [-0.1, -0.05) is 0 Å². The molecule has 4 rings (SSSR count). The molecule has 1 aromatic carbocycles. The topological polar surface area (TPSA) is 61.4 Å². The standard InChI is InChI=1S/C21H29N3O2/c1-14-4-2-3-13-24(14)20(25)17-9-11-18(12-10-17)22-21(26)23-19(15-5-6-15)16-7-8-16/h9-12,14-16,19H,2-8,13H2,1H3,(H2,22,23,26). The summed E-state index contributed by atoms with van der Waals surface area (Å²) in [5, 5.41) is 6.08. The van der Waals surface area contributed by atoms with Crippen molar-refractivity contribution in [2.45, 2.75) is 64.0 Å².